The normalized spacial score (nSPS) is 10.8. The van der Waals surface area contributed by atoms with E-state index in [1.165, 1.54) is 24.3 Å². The highest BCUT2D eigenvalue weighted by molar-refractivity contribution is 5.97. The van der Waals surface area contributed by atoms with Gasteiger partial charge in [-0.3, -0.25) is 4.79 Å². The van der Waals surface area contributed by atoms with Crippen LogP contribution in [0.3, 0.4) is 0 Å². The van der Waals surface area contributed by atoms with Crippen LogP contribution in [-0.4, -0.2) is 50.3 Å². The van der Waals surface area contributed by atoms with E-state index in [0.29, 0.717) is 68.3 Å². The van der Waals surface area contributed by atoms with Crippen molar-refractivity contribution < 1.29 is 47.6 Å². The lowest BCUT2D eigenvalue weighted by Crippen LogP contribution is -2.10. The summed E-state index contributed by atoms with van der Waals surface area (Å²) >= 11 is 0. The Morgan fingerprint density at radius 1 is 0.667 bits per heavy atom. The highest BCUT2D eigenvalue weighted by atomic mass is 16.5. The van der Waals surface area contributed by atoms with Gasteiger partial charge in [0.1, 0.15) is 23.0 Å². The Labute approximate surface area is 297 Å². The third kappa shape index (κ3) is 14.7. The van der Waals surface area contributed by atoms with E-state index >= 15 is 0 Å². The number of aryl methyl sites for hydroxylation is 1. The predicted molar refractivity (Wildman–Crippen MR) is 191 cm³/mol. The van der Waals surface area contributed by atoms with Gasteiger partial charge in [0.25, 0.3) is 5.70 Å². The number of ether oxygens (including phenoxy) is 6. The summed E-state index contributed by atoms with van der Waals surface area (Å²) in [6.45, 7) is 17.4. The molecule has 264 valence electrons. The number of hydrogen-bond acceptors (Lipinski definition) is 10. The molecule has 51 heavy (non-hydrogen) atoms. The van der Waals surface area contributed by atoms with E-state index in [2.05, 4.69) is 18.0 Å². The molecule has 3 aromatic rings. The number of carbonyl (C=O) groups is 4. The molecule has 0 fully saturated rings. The van der Waals surface area contributed by atoms with Gasteiger partial charge in [0.05, 0.1) is 33.0 Å². The number of benzene rings is 3. The lowest BCUT2D eigenvalue weighted by Gasteiger charge is -2.09. The molecule has 0 aliphatic carbocycles. The number of unbranched alkanes of at least 4 members (excludes halogenated alkanes) is 2. The summed E-state index contributed by atoms with van der Waals surface area (Å²) in [5.41, 5.74) is 1.67. The van der Waals surface area contributed by atoms with Crippen LogP contribution in [0, 0.1) is 13.5 Å². The molecule has 0 saturated heterocycles. The van der Waals surface area contributed by atoms with Crippen molar-refractivity contribution in [3.8, 4) is 23.0 Å². The SMILES string of the molecule is [C-]#[N+]/C(=C\c1ccc(OCCCCOC(=O)C=C)cc1)C(=O)Oc1ccc(OC(=O)/C=C/c2ccc(OCCCCOC(=O)C=C)cc2)cc1C. The number of hydrogen-bond donors (Lipinski definition) is 0. The Hall–Kier alpha value is -6.41. The number of carbonyl (C=O) groups excluding carboxylic acids is 4. The molecule has 11 heteroatoms. The first kappa shape index (κ1) is 39.0. The van der Waals surface area contributed by atoms with Crippen molar-refractivity contribution in [2.75, 3.05) is 26.4 Å². The Morgan fingerprint density at radius 3 is 1.69 bits per heavy atom. The molecule has 3 rings (SSSR count). The lowest BCUT2D eigenvalue weighted by atomic mass is 10.2. The fourth-order valence-electron chi connectivity index (χ4n) is 4.15. The predicted octanol–water partition coefficient (Wildman–Crippen LogP) is 7.26. The van der Waals surface area contributed by atoms with Crippen LogP contribution >= 0.6 is 0 Å². The minimum Gasteiger partial charge on any atom is -0.494 e. The standard InChI is InChI=1S/C40H39NO10/c1-5-37(42)48-25-9-7-23-46-32-16-11-30(12-17-32)15-22-39(44)50-34-20-21-36(29(3)27-34)51-40(45)35(41-4)28-31-13-18-33(19-14-31)47-24-8-10-26-49-38(43)6-2/h5-6,11-22,27-28H,1-2,7-10,23-26H2,3H3/b22-15+,35-28-. The maximum absolute atomic E-state index is 12.8. The molecule has 0 amide bonds. The number of esters is 4. The quantitative estimate of drug-likeness (QED) is 0.0392. The number of nitrogens with zero attached hydrogens (tertiary/aromatic N) is 1. The zero-order chi connectivity index (χ0) is 36.8. The molecule has 11 nitrogen and oxygen atoms in total. The van der Waals surface area contributed by atoms with E-state index in [1.54, 1.807) is 67.6 Å². The third-order valence-corrected chi connectivity index (χ3v) is 6.81. The van der Waals surface area contributed by atoms with Gasteiger partial charge < -0.3 is 28.4 Å². The van der Waals surface area contributed by atoms with E-state index in [-0.39, 0.29) is 17.2 Å². The van der Waals surface area contributed by atoms with Gasteiger partial charge in [-0.2, -0.15) is 0 Å². The van der Waals surface area contributed by atoms with Crippen molar-refractivity contribution in [3.63, 3.8) is 0 Å². The minimum absolute atomic E-state index is 0.214. The molecule has 0 radical (unpaired) electrons. The average molecular weight is 694 g/mol. The Morgan fingerprint density at radius 2 is 1.18 bits per heavy atom. The molecule has 0 spiro atoms. The molecule has 0 atom stereocenters. The average Bonchev–Trinajstić information content (AvgIpc) is 3.14. The van der Waals surface area contributed by atoms with Gasteiger partial charge in [-0.25, -0.2) is 19.2 Å². The summed E-state index contributed by atoms with van der Waals surface area (Å²) in [6, 6.07) is 18.6. The van der Waals surface area contributed by atoms with Crippen LogP contribution < -0.4 is 18.9 Å². The molecule has 0 aliphatic heterocycles. The van der Waals surface area contributed by atoms with Gasteiger partial charge in [-0.1, -0.05) is 37.4 Å². The van der Waals surface area contributed by atoms with E-state index in [0.717, 1.165) is 24.1 Å². The van der Waals surface area contributed by atoms with Crippen LogP contribution in [0.4, 0.5) is 0 Å². The second-order valence-corrected chi connectivity index (χ2v) is 10.7. The second kappa shape index (κ2) is 21.5. The summed E-state index contributed by atoms with van der Waals surface area (Å²) in [4.78, 5) is 50.6. The highest BCUT2D eigenvalue weighted by Crippen LogP contribution is 2.25. The fourth-order valence-corrected chi connectivity index (χ4v) is 4.15. The molecule has 0 unspecified atom stereocenters. The summed E-state index contributed by atoms with van der Waals surface area (Å²) in [5.74, 6) is -0.579. The van der Waals surface area contributed by atoms with Gasteiger partial charge >= 0.3 is 23.9 Å². The van der Waals surface area contributed by atoms with Crippen LogP contribution in [0.25, 0.3) is 17.0 Å². The van der Waals surface area contributed by atoms with E-state index in [9.17, 15) is 19.2 Å². The zero-order valence-electron chi connectivity index (χ0n) is 28.3. The first-order valence-corrected chi connectivity index (χ1v) is 16.1. The van der Waals surface area contributed by atoms with Crippen molar-refractivity contribution in [2.45, 2.75) is 32.6 Å². The Kier molecular flexibility index (Phi) is 16.5. The summed E-state index contributed by atoms with van der Waals surface area (Å²) < 4.78 is 32.1. The van der Waals surface area contributed by atoms with Crippen LogP contribution in [-0.2, 0) is 28.7 Å². The molecule has 0 aromatic heterocycles. The molecular weight excluding hydrogens is 654 g/mol. The topological polar surface area (TPSA) is 128 Å². The lowest BCUT2D eigenvalue weighted by molar-refractivity contribution is -0.138. The van der Waals surface area contributed by atoms with Crippen LogP contribution in [0.1, 0.15) is 42.4 Å². The second-order valence-electron chi connectivity index (χ2n) is 10.7. The fraction of sp³-hybridized carbons (Fsp3) is 0.225. The molecule has 0 saturated carbocycles. The number of rotatable bonds is 20. The Bertz CT molecular complexity index is 1770. The van der Waals surface area contributed by atoms with Gasteiger partial charge in [0.15, 0.2) is 0 Å². The van der Waals surface area contributed by atoms with Crippen molar-refractivity contribution >= 4 is 36.0 Å². The van der Waals surface area contributed by atoms with Crippen LogP contribution in [0.15, 0.2) is 104 Å². The minimum atomic E-state index is -0.832. The largest absolute Gasteiger partial charge is 0.494 e. The van der Waals surface area contributed by atoms with Crippen molar-refractivity contribution in [2.24, 2.45) is 0 Å². The van der Waals surface area contributed by atoms with Gasteiger partial charge in [0, 0.05) is 18.2 Å². The maximum atomic E-state index is 12.8. The van der Waals surface area contributed by atoms with Gasteiger partial charge in [0.2, 0.25) is 0 Å². The van der Waals surface area contributed by atoms with E-state index < -0.39 is 23.9 Å². The van der Waals surface area contributed by atoms with E-state index in [1.807, 2.05) is 0 Å². The molecule has 0 heterocycles. The molecular formula is C40H39NO10. The summed E-state index contributed by atoms with van der Waals surface area (Å²) in [6.07, 6.45) is 9.29. The summed E-state index contributed by atoms with van der Waals surface area (Å²) in [7, 11) is 0. The van der Waals surface area contributed by atoms with Crippen LogP contribution in [0.5, 0.6) is 23.0 Å². The van der Waals surface area contributed by atoms with Crippen molar-refractivity contribution in [3.05, 3.63) is 132 Å². The first-order chi connectivity index (χ1) is 24.7. The van der Waals surface area contributed by atoms with Crippen LogP contribution in [0.2, 0.25) is 0 Å². The first-order valence-electron chi connectivity index (χ1n) is 16.1. The smallest absolute Gasteiger partial charge is 0.341 e. The van der Waals surface area contributed by atoms with Gasteiger partial charge in [-0.15, -0.1) is 0 Å². The molecule has 0 bridgehead atoms. The van der Waals surface area contributed by atoms with Crippen molar-refractivity contribution in [1.29, 1.82) is 0 Å². The zero-order valence-corrected chi connectivity index (χ0v) is 28.3. The Balaban J connectivity index is 1.44. The molecule has 0 aliphatic rings. The molecule has 3 aromatic carbocycles. The maximum Gasteiger partial charge on any atom is 0.341 e. The molecule has 0 N–H and O–H groups in total. The summed E-state index contributed by atoms with van der Waals surface area (Å²) in [5, 5.41) is 0. The third-order valence-electron chi connectivity index (χ3n) is 6.81. The van der Waals surface area contributed by atoms with E-state index in [4.69, 9.17) is 35.0 Å². The van der Waals surface area contributed by atoms with Crippen molar-refractivity contribution in [1.82, 2.24) is 0 Å². The van der Waals surface area contributed by atoms with Gasteiger partial charge in [-0.05, 0) is 104 Å². The monoisotopic (exact) mass is 693 g/mol. The highest BCUT2D eigenvalue weighted by Gasteiger charge is 2.15.